The summed E-state index contributed by atoms with van der Waals surface area (Å²) < 4.78 is 38.8. The summed E-state index contributed by atoms with van der Waals surface area (Å²) in [5.74, 6) is -3.89. The molecule has 0 aliphatic carbocycles. The molecule has 0 N–H and O–H groups in total. The van der Waals surface area contributed by atoms with E-state index < -0.39 is 22.8 Å². The molecular formula is C12H8ClF3S. The Labute approximate surface area is 106 Å². The van der Waals surface area contributed by atoms with Gasteiger partial charge in [-0.1, -0.05) is 6.07 Å². The van der Waals surface area contributed by atoms with Crippen molar-refractivity contribution in [2.45, 2.75) is 11.8 Å². The Morgan fingerprint density at radius 2 is 1.82 bits per heavy atom. The first-order chi connectivity index (χ1) is 8.08. The lowest BCUT2D eigenvalue weighted by molar-refractivity contribution is 0.445. The van der Waals surface area contributed by atoms with Gasteiger partial charge in [0, 0.05) is 11.3 Å². The maximum atomic E-state index is 13.0. The molecule has 0 nitrogen and oxygen atoms in total. The summed E-state index contributed by atoms with van der Waals surface area (Å²) in [4.78, 5) is 1.01. The van der Waals surface area contributed by atoms with Crippen LogP contribution < -0.4 is 0 Å². The van der Waals surface area contributed by atoms with Crippen LogP contribution in [0.15, 0.2) is 29.6 Å². The molecule has 0 aliphatic heterocycles. The Kier molecular flexibility index (Phi) is 3.74. The second-order valence-electron chi connectivity index (χ2n) is 3.55. The van der Waals surface area contributed by atoms with Crippen molar-refractivity contribution >= 4 is 22.9 Å². The van der Waals surface area contributed by atoms with Gasteiger partial charge >= 0.3 is 0 Å². The Morgan fingerprint density at radius 1 is 1.18 bits per heavy atom. The molecule has 1 heterocycles. The van der Waals surface area contributed by atoms with Crippen LogP contribution in [0.4, 0.5) is 13.2 Å². The van der Waals surface area contributed by atoms with Gasteiger partial charge in [-0.2, -0.15) is 0 Å². The first-order valence-electron chi connectivity index (χ1n) is 4.89. The standard InChI is InChI=1S/C12H8ClF3S/c13-9(6-8-2-1-3-17-8)7-4-10(14)12(16)11(15)5-7/h1-5,9H,6H2. The van der Waals surface area contributed by atoms with Crippen molar-refractivity contribution in [3.05, 3.63) is 57.5 Å². The first-order valence-corrected chi connectivity index (χ1v) is 6.20. The highest BCUT2D eigenvalue weighted by Crippen LogP contribution is 2.28. The highest BCUT2D eigenvalue weighted by atomic mass is 35.5. The molecular weight excluding hydrogens is 269 g/mol. The summed E-state index contributed by atoms with van der Waals surface area (Å²) in [6.45, 7) is 0. The van der Waals surface area contributed by atoms with Gasteiger partial charge in [0.1, 0.15) is 0 Å². The molecule has 5 heteroatoms. The Morgan fingerprint density at radius 3 is 2.35 bits per heavy atom. The van der Waals surface area contributed by atoms with Crippen LogP contribution in [-0.4, -0.2) is 0 Å². The van der Waals surface area contributed by atoms with Gasteiger partial charge < -0.3 is 0 Å². The minimum absolute atomic E-state index is 0.247. The zero-order chi connectivity index (χ0) is 12.4. The van der Waals surface area contributed by atoms with Gasteiger partial charge in [-0.15, -0.1) is 22.9 Å². The highest BCUT2D eigenvalue weighted by molar-refractivity contribution is 7.09. The molecule has 1 aromatic carbocycles. The predicted molar refractivity (Wildman–Crippen MR) is 62.9 cm³/mol. The predicted octanol–water partition coefficient (Wildman–Crippen LogP) is 4.69. The van der Waals surface area contributed by atoms with Gasteiger partial charge in [-0.3, -0.25) is 0 Å². The first kappa shape index (κ1) is 12.5. The van der Waals surface area contributed by atoms with Crippen LogP contribution in [0.2, 0.25) is 0 Å². The van der Waals surface area contributed by atoms with E-state index in [1.807, 2.05) is 17.5 Å². The number of thiophene rings is 1. The largest absolute Gasteiger partial charge is 0.204 e. The van der Waals surface area contributed by atoms with Crippen LogP contribution in [0.25, 0.3) is 0 Å². The third-order valence-corrected chi connectivity index (χ3v) is 3.63. The molecule has 0 spiro atoms. The van der Waals surface area contributed by atoms with Crippen molar-refractivity contribution in [2.75, 3.05) is 0 Å². The van der Waals surface area contributed by atoms with Gasteiger partial charge in [-0.25, -0.2) is 13.2 Å². The molecule has 17 heavy (non-hydrogen) atoms. The van der Waals surface area contributed by atoms with Crippen molar-refractivity contribution in [1.29, 1.82) is 0 Å². The Bertz CT molecular complexity index is 487. The van der Waals surface area contributed by atoms with Crippen LogP contribution in [0.3, 0.4) is 0 Å². The highest BCUT2D eigenvalue weighted by Gasteiger charge is 2.16. The van der Waals surface area contributed by atoms with Gasteiger partial charge in [0.15, 0.2) is 17.5 Å². The Balaban J connectivity index is 2.22. The van der Waals surface area contributed by atoms with E-state index in [1.54, 1.807) is 0 Å². The summed E-state index contributed by atoms with van der Waals surface area (Å²) in [7, 11) is 0. The summed E-state index contributed by atoms with van der Waals surface area (Å²) in [5, 5.41) is 1.32. The second kappa shape index (κ2) is 5.10. The van der Waals surface area contributed by atoms with Crippen LogP contribution in [-0.2, 0) is 6.42 Å². The fourth-order valence-corrected chi connectivity index (χ4v) is 2.61. The molecule has 0 radical (unpaired) electrons. The lowest BCUT2D eigenvalue weighted by atomic mass is 10.1. The topological polar surface area (TPSA) is 0 Å². The van der Waals surface area contributed by atoms with Crippen molar-refractivity contribution in [3.8, 4) is 0 Å². The zero-order valence-corrected chi connectivity index (χ0v) is 10.2. The van der Waals surface area contributed by atoms with Crippen LogP contribution in [0.5, 0.6) is 0 Å². The molecule has 0 fully saturated rings. The number of alkyl halides is 1. The molecule has 0 saturated carbocycles. The number of halogens is 4. The van der Waals surface area contributed by atoms with Crippen molar-refractivity contribution < 1.29 is 13.2 Å². The molecule has 0 saturated heterocycles. The SMILES string of the molecule is Fc1cc(C(Cl)Cc2cccs2)cc(F)c1F. The zero-order valence-electron chi connectivity index (χ0n) is 8.59. The third kappa shape index (κ3) is 2.82. The summed E-state index contributed by atoms with van der Waals surface area (Å²) in [6.07, 6.45) is 0.462. The fourth-order valence-electron chi connectivity index (χ4n) is 1.48. The van der Waals surface area contributed by atoms with Crippen LogP contribution in [0.1, 0.15) is 15.8 Å². The number of hydrogen-bond acceptors (Lipinski definition) is 1. The molecule has 90 valence electrons. The minimum Gasteiger partial charge on any atom is -0.204 e. The Hall–Kier alpha value is -1.00. The van der Waals surface area contributed by atoms with Gasteiger partial charge in [0.05, 0.1) is 5.38 Å². The van der Waals surface area contributed by atoms with E-state index in [0.717, 1.165) is 17.0 Å². The van der Waals surface area contributed by atoms with Crippen molar-refractivity contribution in [3.63, 3.8) is 0 Å². The minimum atomic E-state index is -1.46. The maximum Gasteiger partial charge on any atom is 0.194 e. The van der Waals surface area contributed by atoms with E-state index in [0.29, 0.717) is 6.42 Å². The number of rotatable bonds is 3. The summed E-state index contributed by atoms with van der Waals surface area (Å²) in [5.41, 5.74) is 0.247. The average molecular weight is 277 g/mol. The van der Waals surface area contributed by atoms with Crippen LogP contribution in [0, 0.1) is 17.5 Å². The van der Waals surface area contributed by atoms with Gasteiger partial charge in [-0.05, 0) is 29.1 Å². The number of benzene rings is 1. The molecule has 0 aliphatic rings. The molecule has 1 aromatic heterocycles. The maximum absolute atomic E-state index is 13.0. The van der Waals surface area contributed by atoms with E-state index in [9.17, 15) is 13.2 Å². The van der Waals surface area contributed by atoms with E-state index in [1.165, 1.54) is 11.3 Å². The second-order valence-corrected chi connectivity index (χ2v) is 5.11. The summed E-state index contributed by atoms with van der Waals surface area (Å²) in [6, 6.07) is 5.62. The van der Waals surface area contributed by atoms with E-state index in [-0.39, 0.29) is 5.56 Å². The van der Waals surface area contributed by atoms with E-state index in [2.05, 4.69) is 0 Å². The monoisotopic (exact) mass is 276 g/mol. The van der Waals surface area contributed by atoms with Gasteiger partial charge in [0.2, 0.25) is 0 Å². The van der Waals surface area contributed by atoms with E-state index in [4.69, 9.17) is 11.6 Å². The lowest BCUT2D eigenvalue weighted by Crippen LogP contribution is -1.99. The third-order valence-electron chi connectivity index (χ3n) is 2.33. The van der Waals surface area contributed by atoms with Crippen LogP contribution >= 0.6 is 22.9 Å². The fraction of sp³-hybridized carbons (Fsp3) is 0.167. The van der Waals surface area contributed by atoms with Gasteiger partial charge in [0.25, 0.3) is 0 Å². The smallest absolute Gasteiger partial charge is 0.194 e. The number of hydrogen-bond donors (Lipinski definition) is 0. The molecule has 0 amide bonds. The molecule has 2 rings (SSSR count). The van der Waals surface area contributed by atoms with Crippen molar-refractivity contribution in [1.82, 2.24) is 0 Å². The summed E-state index contributed by atoms with van der Waals surface area (Å²) >= 11 is 7.56. The van der Waals surface area contributed by atoms with E-state index >= 15 is 0 Å². The molecule has 2 aromatic rings. The molecule has 0 bridgehead atoms. The molecule has 1 atom stereocenters. The normalized spacial score (nSPS) is 12.7. The quantitative estimate of drug-likeness (QED) is 0.564. The molecule has 1 unspecified atom stereocenters. The average Bonchev–Trinajstić information content (AvgIpc) is 2.77. The lowest BCUT2D eigenvalue weighted by Gasteiger charge is -2.09. The van der Waals surface area contributed by atoms with Crippen molar-refractivity contribution in [2.24, 2.45) is 0 Å².